The summed E-state index contributed by atoms with van der Waals surface area (Å²) in [7, 11) is 0. The lowest BCUT2D eigenvalue weighted by atomic mass is 9.98. The molecule has 0 N–H and O–H groups in total. The molecule has 0 saturated heterocycles. The molecule has 0 radical (unpaired) electrons. The van der Waals surface area contributed by atoms with Gasteiger partial charge in [0.15, 0.2) is 0 Å². The normalized spacial score (nSPS) is 21.4. The van der Waals surface area contributed by atoms with Crippen LogP contribution in [-0.4, -0.2) is 0 Å². The molecule has 2 rings (SSSR count). The van der Waals surface area contributed by atoms with E-state index in [1.165, 1.54) is 11.1 Å². The maximum Gasteiger partial charge on any atom is 0.0435 e. The van der Waals surface area contributed by atoms with Gasteiger partial charge in [-0.3, -0.25) is 0 Å². The summed E-state index contributed by atoms with van der Waals surface area (Å²) in [5.41, 5.74) is 2.76. The predicted molar refractivity (Wildman–Crippen MR) is 51.8 cm³/mol. The van der Waals surface area contributed by atoms with E-state index in [1.807, 2.05) is 0 Å². The third-order valence-corrected chi connectivity index (χ3v) is 2.84. The molecule has 1 atom stereocenters. The van der Waals surface area contributed by atoms with Crippen molar-refractivity contribution in [1.82, 2.24) is 0 Å². The molecule has 11 heavy (non-hydrogen) atoms. The van der Waals surface area contributed by atoms with Crippen LogP contribution in [0.25, 0.3) is 6.08 Å². The largest absolute Gasteiger partial charge is 0.0835 e. The minimum atomic E-state index is 0.517. The fraction of sp³-hybridized carbons (Fsp3) is 0.200. The zero-order valence-corrected chi connectivity index (χ0v) is 7.71. The molecule has 1 aliphatic carbocycles. The van der Waals surface area contributed by atoms with Gasteiger partial charge < -0.3 is 0 Å². The van der Waals surface area contributed by atoms with Crippen molar-refractivity contribution in [2.75, 3.05) is 0 Å². The Morgan fingerprint density at radius 3 is 2.91 bits per heavy atom. The van der Waals surface area contributed by atoms with Crippen molar-refractivity contribution in [1.29, 1.82) is 0 Å². The van der Waals surface area contributed by atoms with Crippen molar-refractivity contribution in [3.05, 3.63) is 41.5 Å². The van der Waals surface area contributed by atoms with Crippen LogP contribution in [0.15, 0.2) is 30.3 Å². The number of hydrogen-bond acceptors (Lipinski definition) is 0. The lowest BCUT2D eigenvalue weighted by Crippen LogP contribution is -1.95. The van der Waals surface area contributed by atoms with Crippen LogP contribution in [0, 0.1) is 0 Å². The topological polar surface area (TPSA) is 0 Å². The van der Waals surface area contributed by atoms with Crippen molar-refractivity contribution in [2.24, 2.45) is 0 Å². The molecule has 1 aromatic rings. The molecule has 1 aromatic carbocycles. The second kappa shape index (κ2) is 2.82. The lowest BCUT2D eigenvalue weighted by molar-refractivity contribution is 0.973. The second-order valence-electron chi connectivity index (χ2n) is 2.73. The van der Waals surface area contributed by atoms with Crippen molar-refractivity contribution < 1.29 is 0 Å². The van der Waals surface area contributed by atoms with Gasteiger partial charge in [-0.05, 0) is 17.5 Å². The van der Waals surface area contributed by atoms with Crippen molar-refractivity contribution in [3.63, 3.8) is 0 Å². The van der Waals surface area contributed by atoms with E-state index in [0.29, 0.717) is 4.83 Å². The van der Waals surface area contributed by atoms with Crippen molar-refractivity contribution in [2.45, 2.75) is 11.2 Å². The molecule has 0 aliphatic heterocycles. The summed E-state index contributed by atoms with van der Waals surface area (Å²) in [5, 5.41) is 0. The van der Waals surface area contributed by atoms with E-state index in [1.54, 1.807) is 0 Å². The van der Waals surface area contributed by atoms with Crippen LogP contribution in [0.5, 0.6) is 0 Å². The van der Waals surface area contributed by atoms with Crippen LogP contribution >= 0.6 is 15.9 Å². The zero-order chi connectivity index (χ0) is 7.68. The van der Waals surface area contributed by atoms with Gasteiger partial charge >= 0.3 is 0 Å². The van der Waals surface area contributed by atoms with E-state index in [-0.39, 0.29) is 0 Å². The van der Waals surface area contributed by atoms with Gasteiger partial charge in [-0.2, -0.15) is 0 Å². The first-order chi connectivity index (χ1) is 5.38. The molecule has 0 bridgehead atoms. The van der Waals surface area contributed by atoms with Gasteiger partial charge in [0.2, 0.25) is 0 Å². The summed E-state index contributed by atoms with van der Waals surface area (Å²) in [6.45, 7) is 0. The Kier molecular flexibility index (Phi) is 1.82. The third-order valence-electron chi connectivity index (χ3n) is 1.97. The summed E-state index contributed by atoms with van der Waals surface area (Å²) < 4.78 is 0. The molecule has 1 aliphatic rings. The average molecular weight is 209 g/mol. The number of benzene rings is 1. The molecule has 0 nitrogen and oxygen atoms in total. The number of halogens is 1. The molecule has 56 valence electrons. The Morgan fingerprint density at radius 1 is 1.27 bits per heavy atom. The van der Waals surface area contributed by atoms with E-state index in [2.05, 4.69) is 52.3 Å². The maximum absolute atomic E-state index is 3.64. The Hall–Kier alpha value is -0.560. The van der Waals surface area contributed by atoms with E-state index in [0.717, 1.165) is 6.42 Å². The highest BCUT2D eigenvalue weighted by Gasteiger charge is 2.11. The van der Waals surface area contributed by atoms with Gasteiger partial charge in [-0.15, -0.1) is 0 Å². The number of fused-ring (bicyclic) bond motifs is 1. The summed E-state index contributed by atoms with van der Waals surface area (Å²) in [4.78, 5) is 0.517. The SMILES string of the molecule is BrC1CC=Cc2ccccc21. The predicted octanol–water partition coefficient (Wildman–Crippen LogP) is 3.54. The van der Waals surface area contributed by atoms with Crippen LogP contribution in [0.4, 0.5) is 0 Å². The van der Waals surface area contributed by atoms with Gasteiger partial charge in [0.25, 0.3) is 0 Å². The summed E-state index contributed by atoms with van der Waals surface area (Å²) in [6.07, 6.45) is 5.51. The van der Waals surface area contributed by atoms with Gasteiger partial charge in [0, 0.05) is 4.83 Å². The quantitative estimate of drug-likeness (QED) is 0.573. The van der Waals surface area contributed by atoms with Crippen molar-refractivity contribution in [3.8, 4) is 0 Å². The number of alkyl halides is 1. The first kappa shape index (κ1) is 7.11. The van der Waals surface area contributed by atoms with Crippen LogP contribution < -0.4 is 0 Å². The fourth-order valence-corrected chi connectivity index (χ4v) is 2.02. The van der Waals surface area contributed by atoms with Crippen LogP contribution in [-0.2, 0) is 0 Å². The summed E-state index contributed by atoms with van der Waals surface area (Å²) in [5.74, 6) is 0. The highest BCUT2D eigenvalue weighted by Crippen LogP contribution is 2.33. The monoisotopic (exact) mass is 208 g/mol. The van der Waals surface area contributed by atoms with E-state index < -0.39 is 0 Å². The molecule has 0 heterocycles. The Morgan fingerprint density at radius 2 is 2.09 bits per heavy atom. The molecule has 1 unspecified atom stereocenters. The van der Waals surface area contributed by atoms with Gasteiger partial charge in [-0.25, -0.2) is 0 Å². The minimum Gasteiger partial charge on any atom is -0.0835 e. The Labute approximate surface area is 75.1 Å². The molecule has 0 aromatic heterocycles. The van der Waals surface area contributed by atoms with Crippen molar-refractivity contribution >= 4 is 22.0 Å². The molecule has 0 spiro atoms. The van der Waals surface area contributed by atoms with Gasteiger partial charge in [0.1, 0.15) is 0 Å². The molecule has 0 saturated carbocycles. The van der Waals surface area contributed by atoms with Crippen LogP contribution in [0.1, 0.15) is 22.4 Å². The van der Waals surface area contributed by atoms with E-state index >= 15 is 0 Å². The zero-order valence-electron chi connectivity index (χ0n) is 6.13. The number of rotatable bonds is 0. The minimum absolute atomic E-state index is 0.517. The molecular formula is C10H9Br. The Bertz CT molecular complexity index is 289. The Balaban J connectivity index is 2.54. The first-order valence-electron chi connectivity index (χ1n) is 3.77. The first-order valence-corrected chi connectivity index (χ1v) is 4.69. The summed E-state index contributed by atoms with van der Waals surface area (Å²) in [6, 6.07) is 8.50. The lowest BCUT2D eigenvalue weighted by Gasteiger charge is -2.15. The van der Waals surface area contributed by atoms with Crippen LogP contribution in [0.2, 0.25) is 0 Å². The smallest absolute Gasteiger partial charge is 0.0435 e. The average Bonchev–Trinajstić information content (AvgIpc) is 2.06. The molecule has 0 fully saturated rings. The molecule has 0 amide bonds. The summed E-state index contributed by atoms with van der Waals surface area (Å²) >= 11 is 3.64. The second-order valence-corrected chi connectivity index (χ2v) is 3.84. The highest BCUT2D eigenvalue weighted by molar-refractivity contribution is 9.09. The van der Waals surface area contributed by atoms with E-state index in [9.17, 15) is 0 Å². The van der Waals surface area contributed by atoms with Gasteiger partial charge in [-0.1, -0.05) is 52.3 Å². The number of hydrogen-bond donors (Lipinski definition) is 0. The number of allylic oxidation sites excluding steroid dienone is 1. The molecule has 1 heteroatoms. The van der Waals surface area contributed by atoms with Crippen LogP contribution in [0.3, 0.4) is 0 Å². The maximum atomic E-state index is 3.64. The van der Waals surface area contributed by atoms with Gasteiger partial charge in [0.05, 0.1) is 0 Å². The third kappa shape index (κ3) is 1.25. The standard InChI is InChI=1S/C10H9Br/c11-10-7-3-5-8-4-1-2-6-9(8)10/h1-6,10H,7H2. The fourth-order valence-electron chi connectivity index (χ4n) is 1.39. The molecular weight excluding hydrogens is 200 g/mol. The van der Waals surface area contributed by atoms with E-state index in [4.69, 9.17) is 0 Å². The highest BCUT2D eigenvalue weighted by atomic mass is 79.9.